The second-order valence-electron chi connectivity index (χ2n) is 4.75. The van der Waals surface area contributed by atoms with Gasteiger partial charge in [-0.2, -0.15) is 0 Å². The molecule has 0 amide bonds. The third kappa shape index (κ3) is 1.80. The SMILES string of the molecule is CC(O)c1cccc(C2(C(C)N)CC2)c1. The molecule has 0 radical (unpaired) electrons. The second-order valence-corrected chi connectivity index (χ2v) is 4.75. The summed E-state index contributed by atoms with van der Waals surface area (Å²) in [6.07, 6.45) is 1.95. The zero-order valence-electron chi connectivity index (χ0n) is 9.40. The van der Waals surface area contributed by atoms with Gasteiger partial charge in [-0.1, -0.05) is 24.3 Å². The summed E-state index contributed by atoms with van der Waals surface area (Å²) >= 11 is 0. The number of benzene rings is 1. The van der Waals surface area contributed by atoms with Crippen LogP contribution in [-0.4, -0.2) is 11.1 Å². The molecule has 1 aromatic carbocycles. The Hall–Kier alpha value is -0.860. The van der Waals surface area contributed by atoms with Gasteiger partial charge in [0.2, 0.25) is 0 Å². The first-order valence-corrected chi connectivity index (χ1v) is 5.60. The van der Waals surface area contributed by atoms with Crippen LogP contribution in [0.4, 0.5) is 0 Å². The summed E-state index contributed by atoms with van der Waals surface area (Å²) in [5.41, 5.74) is 8.49. The number of aliphatic hydroxyl groups is 1. The van der Waals surface area contributed by atoms with Gasteiger partial charge in [-0.05, 0) is 37.8 Å². The summed E-state index contributed by atoms with van der Waals surface area (Å²) in [6, 6.07) is 8.40. The lowest BCUT2D eigenvalue weighted by atomic mass is 9.88. The Morgan fingerprint density at radius 1 is 1.33 bits per heavy atom. The smallest absolute Gasteiger partial charge is 0.0762 e. The molecule has 2 atom stereocenters. The van der Waals surface area contributed by atoms with Crippen molar-refractivity contribution in [3.05, 3.63) is 35.4 Å². The van der Waals surface area contributed by atoms with Gasteiger partial charge < -0.3 is 10.8 Å². The molecular weight excluding hydrogens is 186 g/mol. The van der Waals surface area contributed by atoms with E-state index in [9.17, 15) is 5.11 Å². The summed E-state index contributed by atoms with van der Waals surface area (Å²) in [7, 11) is 0. The minimum Gasteiger partial charge on any atom is -0.389 e. The second kappa shape index (κ2) is 3.62. The van der Waals surface area contributed by atoms with Gasteiger partial charge in [0.05, 0.1) is 6.10 Å². The van der Waals surface area contributed by atoms with E-state index in [-0.39, 0.29) is 11.5 Å². The van der Waals surface area contributed by atoms with E-state index in [1.54, 1.807) is 6.92 Å². The van der Waals surface area contributed by atoms with Crippen molar-refractivity contribution in [1.29, 1.82) is 0 Å². The number of hydrogen-bond acceptors (Lipinski definition) is 2. The Bertz CT molecular complexity index is 353. The summed E-state index contributed by atoms with van der Waals surface area (Å²) in [5.74, 6) is 0. The molecule has 2 nitrogen and oxygen atoms in total. The van der Waals surface area contributed by atoms with Crippen LogP contribution in [0.3, 0.4) is 0 Å². The summed E-state index contributed by atoms with van der Waals surface area (Å²) < 4.78 is 0. The average molecular weight is 205 g/mol. The minimum atomic E-state index is -0.395. The van der Waals surface area contributed by atoms with Crippen LogP contribution in [0.1, 0.15) is 43.9 Å². The Morgan fingerprint density at radius 3 is 2.47 bits per heavy atom. The van der Waals surface area contributed by atoms with Crippen molar-refractivity contribution in [3.63, 3.8) is 0 Å². The summed E-state index contributed by atoms with van der Waals surface area (Å²) in [5, 5.41) is 9.54. The predicted molar refractivity (Wildman–Crippen MR) is 61.6 cm³/mol. The maximum Gasteiger partial charge on any atom is 0.0762 e. The number of hydrogen-bond donors (Lipinski definition) is 2. The highest BCUT2D eigenvalue weighted by molar-refractivity contribution is 5.37. The quantitative estimate of drug-likeness (QED) is 0.794. The maximum atomic E-state index is 9.54. The Balaban J connectivity index is 2.33. The molecule has 0 heterocycles. The van der Waals surface area contributed by atoms with Gasteiger partial charge in [0.1, 0.15) is 0 Å². The Labute approximate surface area is 91.1 Å². The molecule has 1 saturated carbocycles. The molecule has 2 unspecified atom stereocenters. The van der Waals surface area contributed by atoms with E-state index in [2.05, 4.69) is 19.1 Å². The molecular formula is C13H19NO. The molecule has 1 aliphatic carbocycles. The number of nitrogens with two attached hydrogens (primary N) is 1. The molecule has 1 aliphatic rings. The first-order valence-electron chi connectivity index (χ1n) is 5.60. The van der Waals surface area contributed by atoms with E-state index in [1.807, 2.05) is 12.1 Å². The lowest BCUT2D eigenvalue weighted by molar-refractivity contribution is 0.199. The summed E-state index contributed by atoms with van der Waals surface area (Å²) in [4.78, 5) is 0. The van der Waals surface area contributed by atoms with Crippen molar-refractivity contribution >= 4 is 0 Å². The van der Waals surface area contributed by atoms with Crippen LogP contribution in [-0.2, 0) is 5.41 Å². The fourth-order valence-electron chi connectivity index (χ4n) is 2.25. The molecule has 1 fully saturated rings. The van der Waals surface area contributed by atoms with Crippen molar-refractivity contribution in [2.45, 2.75) is 44.2 Å². The number of aliphatic hydroxyl groups excluding tert-OH is 1. The van der Waals surface area contributed by atoms with Crippen LogP contribution < -0.4 is 5.73 Å². The molecule has 2 heteroatoms. The molecule has 2 rings (SSSR count). The highest BCUT2D eigenvalue weighted by Gasteiger charge is 2.47. The van der Waals surface area contributed by atoms with E-state index in [0.29, 0.717) is 0 Å². The van der Waals surface area contributed by atoms with Crippen LogP contribution in [0.5, 0.6) is 0 Å². The Kier molecular flexibility index (Phi) is 2.57. The monoisotopic (exact) mass is 205 g/mol. The first kappa shape index (κ1) is 10.7. The molecule has 3 N–H and O–H groups in total. The van der Waals surface area contributed by atoms with Crippen LogP contribution in [0.15, 0.2) is 24.3 Å². The van der Waals surface area contributed by atoms with Crippen molar-refractivity contribution in [2.24, 2.45) is 5.73 Å². The van der Waals surface area contributed by atoms with Crippen molar-refractivity contribution in [1.82, 2.24) is 0 Å². The van der Waals surface area contributed by atoms with Crippen LogP contribution in [0.25, 0.3) is 0 Å². The van der Waals surface area contributed by atoms with Crippen LogP contribution >= 0.6 is 0 Å². The Morgan fingerprint density at radius 2 is 2.00 bits per heavy atom. The number of rotatable bonds is 3. The maximum absolute atomic E-state index is 9.54. The van der Waals surface area contributed by atoms with Gasteiger partial charge in [0.15, 0.2) is 0 Å². The van der Waals surface area contributed by atoms with Gasteiger partial charge in [-0.25, -0.2) is 0 Å². The average Bonchev–Trinajstić information content (AvgIpc) is 2.98. The normalized spacial score (nSPS) is 22.1. The fraction of sp³-hybridized carbons (Fsp3) is 0.538. The zero-order chi connectivity index (χ0) is 11.1. The van der Waals surface area contributed by atoms with E-state index in [1.165, 1.54) is 18.4 Å². The topological polar surface area (TPSA) is 46.2 Å². The van der Waals surface area contributed by atoms with Crippen molar-refractivity contribution in [3.8, 4) is 0 Å². The van der Waals surface area contributed by atoms with Gasteiger partial charge >= 0.3 is 0 Å². The largest absolute Gasteiger partial charge is 0.389 e. The third-order valence-corrected chi connectivity index (χ3v) is 3.60. The van der Waals surface area contributed by atoms with E-state index < -0.39 is 6.10 Å². The summed E-state index contributed by atoms with van der Waals surface area (Å²) in [6.45, 7) is 3.87. The van der Waals surface area contributed by atoms with E-state index in [0.717, 1.165) is 5.56 Å². The molecule has 0 aliphatic heterocycles. The van der Waals surface area contributed by atoms with E-state index in [4.69, 9.17) is 5.73 Å². The van der Waals surface area contributed by atoms with Gasteiger partial charge in [0, 0.05) is 11.5 Å². The molecule has 0 saturated heterocycles. The van der Waals surface area contributed by atoms with Gasteiger partial charge in [-0.15, -0.1) is 0 Å². The minimum absolute atomic E-state index is 0.185. The molecule has 1 aromatic rings. The molecule has 0 bridgehead atoms. The predicted octanol–water partition coefficient (Wildman–Crippen LogP) is 2.12. The van der Waals surface area contributed by atoms with Gasteiger partial charge in [-0.3, -0.25) is 0 Å². The van der Waals surface area contributed by atoms with Crippen LogP contribution in [0.2, 0.25) is 0 Å². The lowest BCUT2D eigenvalue weighted by Gasteiger charge is -2.21. The third-order valence-electron chi connectivity index (χ3n) is 3.60. The van der Waals surface area contributed by atoms with Crippen molar-refractivity contribution < 1.29 is 5.11 Å². The van der Waals surface area contributed by atoms with Crippen molar-refractivity contribution in [2.75, 3.05) is 0 Å². The molecule has 82 valence electrons. The van der Waals surface area contributed by atoms with E-state index >= 15 is 0 Å². The molecule has 0 aromatic heterocycles. The first-order chi connectivity index (χ1) is 7.06. The highest BCUT2D eigenvalue weighted by atomic mass is 16.3. The van der Waals surface area contributed by atoms with Crippen LogP contribution in [0, 0.1) is 0 Å². The highest BCUT2D eigenvalue weighted by Crippen LogP contribution is 2.50. The zero-order valence-corrected chi connectivity index (χ0v) is 9.40. The fourth-order valence-corrected chi connectivity index (χ4v) is 2.25. The standard InChI is InChI=1S/C13H19NO/c1-9(15)11-4-3-5-12(8-11)13(6-7-13)10(2)14/h3-5,8-10,15H,6-7,14H2,1-2H3. The van der Waals surface area contributed by atoms with Gasteiger partial charge in [0.25, 0.3) is 0 Å². The lowest BCUT2D eigenvalue weighted by Crippen LogP contribution is -2.31. The molecule has 0 spiro atoms. The molecule has 15 heavy (non-hydrogen) atoms.